The molecule has 0 fully saturated rings. The molecule has 0 saturated carbocycles. The molecule has 0 atom stereocenters. The number of rotatable bonds is 3. The summed E-state index contributed by atoms with van der Waals surface area (Å²) < 4.78 is 15.3. The van der Waals surface area contributed by atoms with Gasteiger partial charge >= 0.3 is 0 Å². The lowest BCUT2D eigenvalue weighted by Crippen LogP contribution is -2.17. The van der Waals surface area contributed by atoms with E-state index >= 15 is 0 Å². The summed E-state index contributed by atoms with van der Waals surface area (Å²) in [7, 11) is 0. The molecule has 3 rings (SSSR count). The van der Waals surface area contributed by atoms with Gasteiger partial charge in [0.2, 0.25) is 0 Å². The summed E-state index contributed by atoms with van der Waals surface area (Å²) in [5.74, 6) is -0.905. The van der Waals surface area contributed by atoms with Gasteiger partial charge in [-0.15, -0.1) is 0 Å². The van der Waals surface area contributed by atoms with Crippen LogP contribution in [0.1, 0.15) is 16.1 Å². The third kappa shape index (κ3) is 3.61. The summed E-state index contributed by atoms with van der Waals surface area (Å²) in [6.07, 6.45) is 1.40. The maximum absolute atomic E-state index is 13.9. The zero-order valence-corrected chi connectivity index (χ0v) is 15.0. The van der Waals surface area contributed by atoms with Crippen molar-refractivity contribution in [2.75, 3.05) is 5.32 Å². The number of carbonyl (C=O) groups excluding carboxylic acids is 1. The van der Waals surface area contributed by atoms with E-state index in [1.54, 1.807) is 13.0 Å². The predicted molar refractivity (Wildman–Crippen MR) is 95.5 cm³/mol. The minimum atomic E-state index is -0.726. The van der Waals surface area contributed by atoms with Gasteiger partial charge in [-0.2, -0.15) is 9.78 Å². The number of carbonyl (C=O) groups is 1. The SMILES string of the molecule is Cc1cc(NC(=O)c2c(F)cccc2Cl)n(-c2ncc(Cl)cc2Cl)n1. The van der Waals surface area contributed by atoms with Gasteiger partial charge in [0.15, 0.2) is 5.82 Å². The lowest BCUT2D eigenvalue weighted by molar-refractivity contribution is 0.102. The Balaban J connectivity index is 2.01. The van der Waals surface area contributed by atoms with Crippen molar-refractivity contribution in [3.8, 4) is 5.82 Å². The van der Waals surface area contributed by atoms with Crippen LogP contribution < -0.4 is 5.32 Å². The monoisotopic (exact) mass is 398 g/mol. The van der Waals surface area contributed by atoms with Crippen molar-refractivity contribution in [1.82, 2.24) is 14.8 Å². The molecule has 0 radical (unpaired) electrons. The van der Waals surface area contributed by atoms with E-state index < -0.39 is 11.7 Å². The molecule has 0 bridgehead atoms. The van der Waals surface area contributed by atoms with Gasteiger partial charge < -0.3 is 5.32 Å². The molecule has 0 aliphatic rings. The molecule has 1 aromatic carbocycles. The third-order valence-electron chi connectivity index (χ3n) is 3.25. The van der Waals surface area contributed by atoms with Gasteiger partial charge in [-0.25, -0.2) is 9.37 Å². The van der Waals surface area contributed by atoms with Gasteiger partial charge in [-0.3, -0.25) is 4.79 Å². The highest BCUT2D eigenvalue weighted by Gasteiger charge is 2.19. The highest BCUT2D eigenvalue weighted by atomic mass is 35.5. The second kappa shape index (κ2) is 7.00. The Morgan fingerprint density at radius 1 is 1.20 bits per heavy atom. The van der Waals surface area contributed by atoms with E-state index in [1.165, 1.54) is 29.1 Å². The largest absolute Gasteiger partial charge is 0.306 e. The molecule has 25 heavy (non-hydrogen) atoms. The molecule has 3 aromatic rings. The summed E-state index contributed by atoms with van der Waals surface area (Å²) in [4.78, 5) is 16.6. The maximum atomic E-state index is 13.9. The van der Waals surface area contributed by atoms with E-state index in [1.807, 2.05) is 0 Å². The number of nitrogens with zero attached hydrogens (tertiary/aromatic N) is 3. The Bertz CT molecular complexity index is 954. The number of hydrogen-bond acceptors (Lipinski definition) is 3. The van der Waals surface area contributed by atoms with Crippen molar-refractivity contribution in [3.05, 3.63) is 68.7 Å². The quantitative estimate of drug-likeness (QED) is 0.679. The Labute approximate surface area is 157 Å². The fourth-order valence-electron chi connectivity index (χ4n) is 2.21. The average molecular weight is 400 g/mol. The standard InChI is InChI=1S/C16H10Cl3FN4O/c1-8-5-13(22-16(25)14-10(18)3-2-4-12(14)20)24(23-8)15-11(19)6-9(17)7-21-15/h2-7H,1H3,(H,22,25). The van der Waals surface area contributed by atoms with Gasteiger partial charge in [-0.05, 0) is 25.1 Å². The van der Waals surface area contributed by atoms with Crippen molar-refractivity contribution < 1.29 is 9.18 Å². The Morgan fingerprint density at radius 2 is 1.96 bits per heavy atom. The van der Waals surface area contributed by atoms with Crippen LogP contribution in [0.4, 0.5) is 10.2 Å². The molecule has 0 spiro atoms. The molecule has 2 aromatic heterocycles. The number of aryl methyl sites for hydroxylation is 1. The molecule has 1 N–H and O–H groups in total. The molecule has 0 aliphatic carbocycles. The lowest BCUT2D eigenvalue weighted by Gasteiger charge is -2.10. The van der Waals surface area contributed by atoms with Crippen LogP contribution in [0, 0.1) is 12.7 Å². The topological polar surface area (TPSA) is 59.8 Å². The number of halogens is 4. The highest BCUT2D eigenvalue weighted by molar-refractivity contribution is 6.35. The number of nitrogens with one attached hydrogen (secondary N) is 1. The number of amides is 1. The minimum absolute atomic E-state index is 0.00272. The molecular weight excluding hydrogens is 390 g/mol. The molecule has 0 aliphatic heterocycles. The van der Waals surface area contributed by atoms with Crippen molar-refractivity contribution in [2.24, 2.45) is 0 Å². The number of benzene rings is 1. The fourth-order valence-corrected chi connectivity index (χ4v) is 2.92. The van der Waals surface area contributed by atoms with Gasteiger partial charge in [0.1, 0.15) is 11.6 Å². The van der Waals surface area contributed by atoms with Crippen LogP contribution >= 0.6 is 34.8 Å². The van der Waals surface area contributed by atoms with E-state index in [4.69, 9.17) is 34.8 Å². The van der Waals surface area contributed by atoms with Gasteiger partial charge in [0, 0.05) is 12.3 Å². The number of anilines is 1. The van der Waals surface area contributed by atoms with Crippen LogP contribution in [0.3, 0.4) is 0 Å². The summed E-state index contributed by atoms with van der Waals surface area (Å²) in [5, 5.41) is 7.43. The second-order valence-electron chi connectivity index (χ2n) is 5.09. The normalized spacial score (nSPS) is 10.8. The first-order valence-corrected chi connectivity index (χ1v) is 8.13. The van der Waals surface area contributed by atoms with Gasteiger partial charge in [0.05, 0.1) is 26.3 Å². The highest BCUT2D eigenvalue weighted by Crippen LogP contribution is 2.26. The van der Waals surface area contributed by atoms with E-state index in [0.717, 1.165) is 6.07 Å². The van der Waals surface area contributed by atoms with Crippen LogP contribution in [-0.4, -0.2) is 20.7 Å². The second-order valence-corrected chi connectivity index (χ2v) is 6.34. The third-order valence-corrected chi connectivity index (χ3v) is 4.05. The van der Waals surface area contributed by atoms with Crippen LogP contribution in [0.5, 0.6) is 0 Å². The van der Waals surface area contributed by atoms with Crippen LogP contribution in [0.25, 0.3) is 5.82 Å². The van der Waals surface area contributed by atoms with Crippen LogP contribution in [0.15, 0.2) is 36.5 Å². The molecule has 9 heteroatoms. The van der Waals surface area contributed by atoms with E-state index in [0.29, 0.717) is 10.7 Å². The minimum Gasteiger partial charge on any atom is -0.306 e. The number of aromatic nitrogens is 3. The Hall–Kier alpha value is -2.15. The lowest BCUT2D eigenvalue weighted by atomic mass is 10.2. The first kappa shape index (κ1) is 17.7. The smallest absolute Gasteiger partial charge is 0.261 e. The fraction of sp³-hybridized carbons (Fsp3) is 0.0625. The zero-order chi connectivity index (χ0) is 18.1. The van der Waals surface area contributed by atoms with Gasteiger partial charge in [0.25, 0.3) is 5.91 Å². The number of pyridine rings is 1. The number of hydrogen-bond donors (Lipinski definition) is 1. The zero-order valence-electron chi connectivity index (χ0n) is 12.7. The summed E-state index contributed by atoms with van der Waals surface area (Å²) in [6.45, 7) is 1.73. The molecule has 0 unspecified atom stereocenters. The predicted octanol–water partition coefficient (Wildman–Crippen LogP) is 4.93. The Kier molecular flexibility index (Phi) is 4.94. The van der Waals surface area contributed by atoms with E-state index in [9.17, 15) is 9.18 Å². The molecule has 128 valence electrons. The Morgan fingerprint density at radius 3 is 2.64 bits per heavy atom. The van der Waals surface area contributed by atoms with Crippen molar-refractivity contribution in [3.63, 3.8) is 0 Å². The average Bonchev–Trinajstić information content (AvgIpc) is 2.87. The van der Waals surface area contributed by atoms with Crippen LogP contribution in [0.2, 0.25) is 15.1 Å². The van der Waals surface area contributed by atoms with Crippen LogP contribution in [-0.2, 0) is 0 Å². The molecule has 2 heterocycles. The molecule has 1 amide bonds. The van der Waals surface area contributed by atoms with Crippen molar-refractivity contribution in [1.29, 1.82) is 0 Å². The molecule has 5 nitrogen and oxygen atoms in total. The summed E-state index contributed by atoms with van der Waals surface area (Å²) in [5.41, 5.74) is 0.340. The molecule has 0 saturated heterocycles. The van der Waals surface area contributed by atoms with E-state index in [-0.39, 0.29) is 27.2 Å². The molecular formula is C16H10Cl3FN4O. The van der Waals surface area contributed by atoms with E-state index in [2.05, 4.69) is 15.4 Å². The first-order valence-electron chi connectivity index (χ1n) is 7.00. The van der Waals surface area contributed by atoms with Crippen molar-refractivity contribution >= 4 is 46.5 Å². The maximum Gasteiger partial charge on any atom is 0.261 e. The first-order chi connectivity index (χ1) is 11.9. The summed E-state index contributed by atoms with van der Waals surface area (Å²) >= 11 is 17.9. The summed E-state index contributed by atoms with van der Waals surface area (Å²) in [6, 6.07) is 7.10. The van der Waals surface area contributed by atoms with Gasteiger partial charge in [-0.1, -0.05) is 40.9 Å². The van der Waals surface area contributed by atoms with Crippen molar-refractivity contribution in [2.45, 2.75) is 6.92 Å².